The number of nitrogens with one attached hydrogen (secondary N) is 1. The van der Waals surface area contributed by atoms with Crippen LogP contribution in [0.15, 0.2) is 18.2 Å². The van der Waals surface area contributed by atoms with Gasteiger partial charge in [-0.15, -0.1) is 0 Å². The molecular formula is C14H14F2IN3. The monoisotopic (exact) mass is 389 g/mol. The zero-order valence-corrected chi connectivity index (χ0v) is 13.3. The molecule has 1 N–H and O–H groups in total. The third-order valence-electron chi connectivity index (χ3n) is 2.90. The number of hydrogen-bond acceptors (Lipinski definition) is 3. The summed E-state index contributed by atoms with van der Waals surface area (Å²) >= 11 is 2.19. The van der Waals surface area contributed by atoms with E-state index in [1.165, 1.54) is 12.1 Å². The lowest BCUT2D eigenvalue weighted by Crippen LogP contribution is -2.08. The number of halogens is 3. The Labute approximate surface area is 130 Å². The van der Waals surface area contributed by atoms with Gasteiger partial charge in [-0.25, -0.2) is 18.7 Å². The molecule has 0 aliphatic heterocycles. The van der Waals surface area contributed by atoms with E-state index in [9.17, 15) is 8.78 Å². The molecule has 1 aromatic heterocycles. The average Bonchev–Trinajstić information content (AvgIpc) is 2.43. The van der Waals surface area contributed by atoms with Gasteiger partial charge < -0.3 is 5.32 Å². The van der Waals surface area contributed by atoms with Gasteiger partial charge in [-0.2, -0.15) is 0 Å². The van der Waals surface area contributed by atoms with Crippen LogP contribution in [-0.2, 0) is 12.8 Å². The fourth-order valence-corrected chi connectivity index (χ4v) is 2.75. The van der Waals surface area contributed by atoms with Crippen LogP contribution < -0.4 is 5.32 Å². The van der Waals surface area contributed by atoms with Gasteiger partial charge in [0.1, 0.15) is 23.3 Å². The first-order valence-electron chi connectivity index (χ1n) is 6.22. The highest BCUT2D eigenvalue weighted by molar-refractivity contribution is 14.1. The maximum Gasteiger partial charge on any atom is 0.143 e. The largest absolute Gasteiger partial charge is 0.372 e. The van der Waals surface area contributed by atoms with Crippen LogP contribution in [0.25, 0.3) is 0 Å². The van der Waals surface area contributed by atoms with Crippen molar-refractivity contribution < 1.29 is 8.78 Å². The SMILES string of the molecule is CCc1nc(Cc2ccc(F)cc2F)nc(NC)c1I. The molecule has 0 bridgehead atoms. The summed E-state index contributed by atoms with van der Waals surface area (Å²) in [6, 6.07) is 3.54. The topological polar surface area (TPSA) is 37.8 Å². The van der Waals surface area contributed by atoms with Crippen LogP contribution in [0.3, 0.4) is 0 Å². The van der Waals surface area contributed by atoms with Crippen LogP contribution in [0.1, 0.15) is 24.0 Å². The van der Waals surface area contributed by atoms with Crippen molar-refractivity contribution in [3.8, 4) is 0 Å². The van der Waals surface area contributed by atoms with Crippen molar-refractivity contribution in [2.75, 3.05) is 12.4 Å². The van der Waals surface area contributed by atoms with Gasteiger partial charge in [0.05, 0.1) is 9.26 Å². The van der Waals surface area contributed by atoms with E-state index in [4.69, 9.17) is 0 Å². The van der Waals surface area contributed by atoms with Gasteiger partial charge in [-0.05, 0) is 40.6 Å². The van der Waals surface area contributed by atoms with Crippen molar-refractivity contribution in [3.63, 3.8) is 0 Å². The summed E-state index contributed by atoms with van der Waals surface area (Å²) in [5.74, 6) is 0.100. The molecule has 0 atom stereocenters. The standard InChI is InChI=1S/C14H14F2IN3/c1-3-11-13(17)14(18-2)20-12(19-11)6-8-4-5-9(15)7-10(8)16/h4-5,7H,3,6H2,1-2H3,(H,18,19,20). The predicted molar refractivity (Wildman–Crippen MR) is 82.8 cm³/mol. The normalized spacial score (nSPS) is 10.7. The van der Waals surface area contributed by atoms with Gasteiger partial charge in [0.2, 0.25) is 0 Å². The summed E-state index contributed by atoms with van der Waals surface area (Å²) in [4.78, 5) is 8.81. The first kappa shape index (κ1) is 15.1. The molecule has 0 amide bonds. The van der Waals surface area contributed by atoms with E-state index in [2.05, 4.69) is 37.9 Å². The number of nitrogens with zero attached hydrogens (tertiary/aromatic N) is 2. The maximum absolute atomic E-state index is 13.7. The van der Waals surface area contributed by atoms with E-state index in [1.807, 2.05) is 6.92 Å². The van der Waals surface area contributed by atoms with Gasteiger partial charge in [0, 0.05) is 19.5 Å². The van der Waals surface area contributed by atoms with E-state index in [-0.39, 0.29) is 6.42 Å². The van der Waals surface area contributed by atoms with E-state index in [0.29, 0.717) is 11.4 Å². The molecule has 1 aromatic carbocycles. The Morgan fingerprint density at radius 1 is 1.25 bits per heavy atom. The van der Waals surface area contributed by atoms with Crippen LogP contribution >= 0.6 is 22.6 Å². The van der Waals surface area contributed by atoms with E-state index < -0.39 is 11.6 Å². The van der Waals surface area contributed by atoms with Gasteiger partial charge >= 0.3 is 0 Å². The molecule has 0 saturated carbocycles. The molecule has 0 spiro atoms. The predicted octanol–water partition coefficient (Wildman–Crippen LogP) is 3.55. The van der Waals surface area contributed by atoms with Crippen molar-refractivity contribution in [2.45, 2.75) is 19.8 Å². The highest BCUT2D eigenvalue weighted by Crippen LogP contribution is 2.21. The summed E-state index contributed by atoms with van der Waals surface area (Å²) < 4.78 is 27.5. The fraction of sp³-hybridized carbons (Fsp3) is 0.286. The molecule has 0 aliphatic carbocycles. The molecule has 0 aliphatic rings. The minimum Gasteiger partial charge on any atom is -0.372 e. The van der Waals surface area contributed by atoms with Crippen LogP contribution in [0.4, 0.5) is 14.6 Å². The number of hydrogen-bond donors (Lipinski definition) is 1. The third kappa shape index (κ3) is 3.23. The maximum atomic E-state index is 13.7. The Kier molecular flexibility index (Phi) is 4.85. The molecule has 1 heterocycles. The van der Waals surface area contributed by atoms with Crippen LogP contribution in [0, 0.1) is 15.2 Å². The van der Waals surface area contributed by atoms with Gasteiger partial charge in [0.25, 0.3) is 0 Å². The zero-order chi connectivity index (χ0) is 14.7. The molecule has 0 radical (unpaired) electrons. The second kappa shape index (κ2) is 6.43. The van der Waals surface area contributed by atoms with E-state index >= 15 is 0 Å². The quantitative estimate of drug-likeness (QED) is 0.813. The number of rotatable bonds is 4. The molecule has 0 fully saturated rings. The number of aryl methyl sites for hydroxylation is 1. The minimum atomic E-state index is -0.583. The van der Waals surface area contributed by atoms with Crippen molar-refractivity contribution in [1.82, 2.24) is 9.97 Å². The molecule has 20 heavy (non-hydrogen) atoms. The first-order valence-corrected chi connectivity index (χ1v) is 7.30. The van der Waals surface area contributed by atoms with Gasteiger partial charge in [-0.1, -0.05) is 13.0 Å². The lowest BCUT2D eigenvalue weighted by atomic mass is 10.1. The average molecular weight is 389 g/mol. The molecule has 3 nitrogen and oxygen atoms in total. The van der Waals surface area contributed by atoms with Crippen molar-refractivity contribution >= 4 is 28.4 Å². The van der Waals surface area contributed by atoms with Gasteiger partial charge in [0.15, 0.2) is 0 Å². The van der Waals surface area contributed by atoms with Gasteiger partial charge in [-0.3, -0.25) is 0 Å². The highest BCUT2D eigenvalue weighted by atomic mass is 127. The minimum absolute atomic E-state index is 0.241. The summed E-state index contributed by atoms with van der Waals surface area (Å²) in [6.07, 6.45) is 1.01. The van der Waals surface area contributed by atoms with Crippen LogP contribution in [0.5, 0.6) is 0 Å². The van der Waals surface area contributed by atoms with E-state index in [1.54, 1.807) is 7.05 Å². The fourth-order valence-electron chi connectivity index (χ4n) is 1.86. The number of anilines is 1. The Morgan fingerprint density at radius 3 is 2.60 bits per heavy atom. The third-order valence-corrected chi connectivity index (χ3v) is 4.04. The van der Waals surface area contributed by atoms with Crippen molar-refractivity contribution in [1.29, 1.82) is 0 Å². The highest BCUT2D eigenvalue weighted by Gasteiger charge is 2.12. The van der Waals surface area contributed by atoms with Crippen LogP contribution in [-0.4, -0.2) is 17.0 Å². The Morgan fingerprint density at radius 2 is 2.00 bits per heavy atom. The molecule has 2 rings (SSSR count). The Hall–Kier alpha value is -1.31. The summed E-state index contributed by atoms with van der Waals surface area (Å²) in [5.41, 5.74) is 1.30. The molecule has 6 heteroatoms. The second-order valence-corrected chi connectivity index (χ2v) is 5.34. The molecule has 0 unspecified atom stereocenters. The van der Waals surface area contributed by atoms with E-state index in [0.717, 1.165) is 27.6 Å². The number of aromatic nitrogens is 2. The van der Waals surface area contributed by atoms with Crippen molar-refractivity contribution in [3.05, 3.63) is 50.5 Å². The Bertz CT molecular complexity index is 607. The Balaban J connectivity index is 2.38. The van der Waals surface area contributed by atoms with Crippen LogP contribution in [0.2, 0.25) is 0 Å². The number of benzene rings is 1. The zero-order valence-electron chi connectivity index (χ0n) is 11.2. The summed E-state index contributed by atoms with van der Waals surface area (Å²) in [5, 5.41) is 3.01. The smallest absolute Gasteiger partial charge is 0.143 e. The molecule has 106 valence electrons. The summed E-state index contributed by atoms with van der Waals surface area (Å²) in [7, 11) is 1.78. The molecule has 2 aromatic rings. The van der Waals surface area contributed by atoms with Crippen molar-refractivity contribution in [2.24, 2.45) is 0 Å². The molecular weight excluding hydrogens is 375 g/mol. The first-order chi connectivity index (χ1) is 9.55. The molecule has 0 saturated heterocycles. The lowest BCUT2D eigenvalue weighted by Gasteiger charge is -2.10. The summed E-state index contributed by atoms with van der Waals surface area (Å²) in [6.45, 7) is 2.01. The second-order valence-electron chi connectivity index (χ2n) is 4.27. The lowest BCUT2D eigenvalue weighted by molar-refractivity contribution is 0.573.